The molecular weight excluding hydrogens is 204 g/mol. The number of methoxy groups -OCH3 is 2. The number of nitrogens with two attached hydrogens (primary N) is 1. The molecule has 4 heteroatoms. The summed E-state index contributed by atoms with van der Waals surface area (Å²) < 4.78 is 10.3. The summed E-state index contributed by atoms with van der Waals surface area (Å²) in [5.41, 5.74) is 8.75. The third-order valence-corrected chi connectivity index (χ3v) is 2.53. The van der Waals surface area contributed by atoms with E-state index in [4.69, 9.17) is 15.2 Å². The first-order chi connectivity index (χ1) is 7.69. The monoisotopic (exact) mass is 224 g/mol. The minimum absolute atomic E-state index is 0.0323. The molecule has 0 saturated carbocycles. The van der Waals surface area contributed by atoms with Crippen LogP contribution in [0.15, 0.2) is 18.2 Å². The van der Waals surface area contributed by atoms with Crippen LogP contribution in [0, 0.1) is 6.92 Å². The number of hydrogen-bond acceptors (Lipinski definition) is 4. The molecule has 0 aliphatic carbocycles. The number of para-hydroxylation sites is 1. The first kappa shape index (κ1) is 12.8. The fourth-order valence-electron chi connectivity index (χ4n) is 1.45. The molecule has 0 saturated heterocycles. The lowest BCUT2D eigenvalue weighted by atomic mass is 10.1. The molecule has 1 rings (SSSR count). The maximum atomic E-state index is 5.95. The van der Waals surface area contributed by atoms with Crippen LogP contribution in [-0.2, 0) is 9.47 Å². The number of benzene rings is 1. The third-order valence-electron chi connectivity index (χ3n) is 2.53. The van der Waals surface area contributed by atoms with Crippen LogP contribution in [0.25, 0.3) is 0 Å². The van der Waals surface area contributed by atoms with Gasteiger partial charge in [0, 0.05) is 20.8 Å². The quantitative estimate of drug-likeness (QED) is 0.721. The minimum Gasteiger partial charge on any atom is -0.397 e. The van der Waals surface area contributed by atoms with Crippen LogP contribution in [0.3, 0.4) is 0 Å². The Balaban J connectivity index is 2.56. The van der Waals surface area contributed by atoms with E-state index in [9.17, 15) is 0 Å². The zero-order valence-corrected chi connectivity index (χ0v) is 10.1. The molecule has 0 spiro atoms. The van der Waals surface area contributed by atoms with Gasteiger partial charge < -0.3 is 20.5 Å². The molecule has 1 unspecified atom stereocenters. The number of nitrogen functional groups attached to an aromatic ring is 1. The van der Waals surface area contributed by atoms with Gasteiger partial charge in [-0.05, 0) is 18.6 Å². The van der Waals surface area contributed by atoms with E-state index in [-0.39, 0.29) is 6.10 Å². The van der Waals surface area contributed by atoms with Gasteiger partial charge in [0.15, 0.2) is 0 Å². The highest BCUT2D eigenvalue weighted by Crippen LogP contribution is 2.21. The van der Waals surface area contributed by atoms with Gasteiger partial charge in [-0.1, -0.05) is 12.1 Å². The molecule has 0 aromatic heterocycles. The Morgan fingerprint density at radius 1 is 1.38 bits per heavy atom. The van der Waals surface area contributed by atoms with Crippen molar-refractivity contribution in [3.63, 3.8) is 0 Å². The topological polar surface area (TPSA) is 56.5 Å². The Bertz CT molecular complexity index is 329. The van der Waals surface area contributed by atoms with Crippen LogP contribution in [0.2, 0.25) is 0 Å². The molecule has 3 N–H and O–H groups in total. The second-order valence-corrected chi connectivity index (χ2v) is 3.73. The Hall–Kier alpha value is -1.26. The van der Waals surface area contributed by atoms with Gasteiger partial charge in [-0.25, -0.2) is 0 Å². The third kappa shape index (κ3) is 3.40. The predicted octanol–water partition coefficient (Wildman–Crippen LogP) is 1.65. The van der Waals surface area contributed by atoms with Gasteiger partial charge in [0.25, 0.3) is 0 Å². The van der Waals surface area contributed by atoms with E-state index in [1.54, 1.807) is 14.2 Å². The minimum atomic E-state index is 0.0323. The van der Waals surface area contributed by atoms with Crippen molar-refractivity contribution in [1.82, 2.24) is 0 Å². The van der Waals surface area contributed by atoms with E-state index >= 15 is 0 Å². The van der Waals surface area contributed by atoms with Crippen LogP contribution in [0.1, 0.15) is 5.56 Å². The van der Waals surface area contributed by atoms with Crippen molar-refractivity contribution in [3.05, 3.63) is 23.8 Å². The number of anilines is 2. The average molecular weight is 224 g/mol. The van der Waals surface area contributed by atoms with Crippen LogP contribution in [0.5, 0.6) is 0 Å². The summed E-state index contributed by atoms with van der Waals surface area (Å²) in [6, 6.07) is 5.93. The lowest BCUT2D eigenvalue weighted by Gasteiger charge is -2.17. The Morgan fingerprint density at radius 2 is 2.12 bits per heavy atom. The highest BCUT2D eigenvalue weighted by molar-refractivity contribution is 5.69. The van der Waals surface area contributed by atoms with Crippen LogP contribution in [0.4, 0.5) is 11.4 Å². The number of hydrogen-bond donors (Lipinski definition) is 2. The Labute approximate surface area is 96.7 Å². The standard InChI is InChI=1S/C12H20N2O2/c1-9-5-4-6-11(12(9)13)14-7-10(16-3)8-15-2/h4-6,10,14H,7-8,13H2,1-3H3. The maximum absolute atomic E-state index is 5.95. The average Bonchev–Trinajstić information content (AvgIpc) is 2.29. The van der Waals surface area contributed by atoms with Crippen LogP contribution in [-0.4, -0.2) is 33.5 Å². The summed E-state index contributed by atoms with van der Waals surface area (Å²) in [5, 5.41) is 3.26. The maximum Gasteiger partial charge on any atom is 0.0976 e. The largest absolute Gasteiger partial charge is 0.397 e. The lowest BCUT2D eigenvalue weighted by molar-refractivity contribution is 0.0366. The number of aryl methyl sites for hydroxylation is 1. The van der Waals surface area contributed by atoms with Crippen molar-refractivity contribution < 1.29 is 9.47 Å². The van der Waals surface area contributed by atoms with E-state index in [1.807, 2.05) is 25.1 Å². The fraction of sp³-hybridized carbons (Fsp3) is 0.500. The first-order valence-electron chi connectivity index (χ1n) is 5.29. The molecular formula is C12H20N2O2. The fourth-order valence-corrected chi connectivity index (χ4v) is 1.45. The van der Waals surface area contributed by atoms with Crippen molar-refractivity contribution >= 4 is 11.4 Å². The SMILES string of the molecule is COCC(CNc1cccc(C)c1N)OC. The second kappa shape index (κ2) is 6.35. The van der Waals surface area contributed by atoms with Crippen molar-refractivity contribution in [2.45, 2.75) is 13.0 Å². The first-order valence-corrected chi connectivity index (χ1v) is 5.29. The predicted molar refractivity (Wildman–Crippen MR) is 66.8 cm³/mol. The molecule has 0 radical (unpaired) electrons. The molecule has 90 valence electrons. The Kier molecular flexibility index (Phi) is 5.08. The number of nitrogens with one attached hydrogen (secondary N) is 1. The van der Waals surface area contributed by atoms with Gasteiger partial charge in [0.05, 0.1) is 24.1 Å². The summed E-state index contributed by atoms with van der Waals surface area (Å²) >= 11 is 0. The van der Waals surface area contributed by atoms with Crippen molar-refractivity contribution in [2.75, 3.05) is 38.4 Å². The van der Waals surface area contributed by atoms with Crippen LogP contribution >= 0.6 is 0 Å². The molecule has 1 aromatic carbocycles. The molecule has 4 nitrogen and oxygen atoms in total. The van der Waals surface area contributed by atoms with Crippen molar-refractivity contribution in [2.24, 2.45) is 0 Å². The van der Waals surface area contributed by atoms with Gasteiger partial charge in [-0.2, -0.15) is 0 Å². The van der Waals surface area contributed by atoms with E-state index in [2.05, 4.69) is 5.32 Å². The summed E-state index contributed by atoms with van der Waals surface area (Å²) in [6.45, 7) is 3.23. The number of rotatable bonds is 6. The molecule has 0 fully saturated rings. The van der Waals surface area contributed by atoms with E-state index < -0.39 is 0 Å². The molecule has 16 heavy (non-hydrogen) atoms. The van der Waals surface area contributed by atoms with Gasteiger partial charge in [0.2, 0.25) is 0 Å². The van der Waals surface area contributed by atoms with Crippen LogP contribution < -0.4 is 11.1 Å². The molecule has 0 bridgehead atoms. The molecule has 0 heterocycles. The highest BCUT2D eigenvalue weighted by Gasteiger charge is 2.07. The molecule has 0 aliphatic rings. The zero-order valence-electron chi connectivity index (χ0n) is 10.1. The normalized spacial score (nSPS) is 12.4. The second-order valence-electron chi connectivity index (χ2n) is 3.73. The molecule has 1 atom stereocenters. The summed E-state index contributed by atoms with van der Waals surface area (Å²) in [7, 11) is 3.33. The van der Waals surface area contributed by atoms with Gasteiger partial charge in [-0.15, -0.1) is 0 Å². The van der Waals surface area contributed by atoms with Crippen molar-refractivity contribution in [1.29, 1.82) is 0 Å². The molecule has 1 aromatic rings. The molecule has 0 amide bonds. The zero-order chi connectivity index (χ0) is 12.0. The lowest BCUT2D eigenvalue weighted by Crippen LogP contribution is -2.26. The van der Waals surface area contributed by atoms with Crippen molar-refractivity contribution in [3.8, 4) is 0 Å². The van der Waals surface area contributed by atoms with E-state index in [1.165, 1.54) is 0 Å². The van der Waals surface area contributed by atoms with E-state index in [0.29, 0.717) is 13.2 Å². The number of ether oxygens (including phenoxy) is 2. The van der Waals surface area contributed by atoms with Gasteiger partial charge in [-0.3, -0.25) is 0 Å². The Morgan fingerprint density at radius 3 is 2.75 bits per heavy atom. The summed E-state index contributed by atoms with van der Waals surface area (Å²) in [5.74, 6) is 0. The smallest absolute Gasteiger partial charge is 0.0976 e. The molecule has 0 aliphatic heterocycles. The highest BCUT2D eigenvalue weighted by atomic mass is 16.5. The summed E-state index contributed by atoms with van der Waals surface area (Å²) in [6.07, 6.45) is 0.0323. The summed E-state index contributed by atoms with van der Waals surface area (Å²) in [4.78, 5) is 0. The van der Waals surface area contributed by atoms with Gasteiger partial charge >= 0.3 is 0 Å². The van der Waals surface area contributed by atoms with Gasteiger partial charge in [0.1, 0.15) is 0 Å². The van der Waals surface area contributed by atoms with E-state index in [0.717, 1.165) is 16.9 Å².